The van der Waals surface area contributed by atoms with E-state index in [4.69, 9.17) is 5.11 Å². The Morgan fingerprint density at radius 3 is 2.46 bits per heavy atom. The normalized spacial score (nSPS) is 12.9. The van der Waals surface area contributed by atoms with Crippen molar-refractivity contribution in [3.05, 3.63) is 12.2 Å². The molecule has 0 aliphatic rings. The second-order valence-corrected chi connectivity index (χ2v) is 3.38. The predicted octanol–water partition coefficient (Wildman–Crippen LogP) is 0.167. The van der Waals surface area contributed by atoms with Gasteiger partial charge >= 0.3 is 5.97 Å². The molecule has 13 heavy (non-hydrogen) atoms. The van der Waals surface area contributed by atoms with Gasteiger partial charge in [-0.2, -0.15) is 0 Å². The summed E-state index contributed by atoms with van der Waals surface area (Å²) in [6.07, 6.45) is 0. The van der Waals surface area contributed by atoms with E-state index < -0.39 is 12.0 Å². The maximum absolute atomic E-state index is 10.7. The number of carboxylic acids is 1. The van der Waals surface area contributed by atoms with Gasteiger partial charge < -0.3 is 10.0 Å². The van der Waals surface area contributed by atoms with E-state index in [1.807, 2.05) is 19.0 Å². The molecule has 76 valence electrons. The Morgan fingerprint density at radius 1 is 1.62 bits per heavy atom. The van der Waals surface area contributed by atoms with Crippen LogP contribution in [0.4, 0.5) is 0 Å². The molecule has 0 aromatic carbocycles. The summed E-state index contributed by atoms with van der Waals surface area (Å²) in [4.78, 5) is 12.7. The van der Waals surface area contributed by atoms with Crippen molar-refractivity contribution >= 4 is 5.97 Å². The summed E-state index contributed by atoms with van der Waals surface area (Å²) in [6.45, 7) is 6.79. The zero-order valence-corrected chi connectivity index (χ0v) is 8.50. The fourth-order valence-electron chi connectivity index (χ4n) is 0.905. The predicted molar refractivity (Wildman–Crippen MR) is 52.8 cm³/mol. The Labute approximate surface area is 79.2 Å². The molecule has 0 saturated carbocycles. The van der Waals surface area contributed by atoms with Gasteiger partial charge in [-0.05, 0) is 21.0 Å². The van der Waals surface area contributed by atoms with Gasteiger partial charge in [0.25, 0.3) is 0 Å². The van der Waals surface area contributed by atoms with E-state index in [9.17, 15) is 4.79 Å². The van der Waals surface area contributed by atoms with Crippen LogP contribution >= 0.6 is 0 Å². The zero-order chi connectivity index (χ0) is 10.4. The Morgan fingerprint density at radius 2 is 2.15 bits per heavy atom. The average Bonchev–Trinajstić information content (AvgIpc) is 1.95. The van der Waals surface area contributed by atoms with Crippen molar-refractivity contribution in [1.29, 1.82) is 0 Å². The molecule has 4 nitrogen and oxygen atoms in total. The van der Waals surface area contributed by atoms with Crippen LogP contribution in [0.25, 0.3) is 0 Å². The Kier molecular flexibility index (Phi) is 5.34. The average molecular weight is 186 g/mol. The minimum absolute atomic E-state index is 0.625. The van der Waals surface area contributed by atoms with Crippen LogP contribution in [0.15, 0.2) is 12.2 Å². The van der Waals surface area contributed by atoms with Gasteiger partial charge in [0.2, 0.25) is 0 Å². The van der Waals surface area contributed by atoms with Gasteiger partial charge in [0.05, 0.1) is 0 Å². The maximum Gasteiger partial charge on any atom is 0.324 e. The molecule has 0 fully saturated rings. The van der Waals surface area contributed by atoms with E-state index >= 15 is 0 Å². The van der Waals surface area contributed by atoms with Crippen molar-refractivity contribution in [1.82, 2.24) is 10.2 Å². The summed E-state index contributed by atoms with van der Waals surface area (Å²) in [7, 11) is 3.89. The van der Waals surface area contributed by atoms with Crippen molar-refractivity contribution in [2.75, 3.05) is 27.2 Å². The first kappa shape index (κ1) is 12.1. The highest BCUT2D eigenvalue weighted by molar-refractivity contribution is 5.77. The molecule has 2 N–H and O–H groups in total. The standard InChI is InChI=1S/C9H18N2O2/c1-7(2)8(9(12)13)10-5-6-11(3)4/h8,10H,1,5-6H2,2-4H3,(H,12,13). The molecular formula is C9H18N2O2. The minimum Gasteiger partial charge on any atom is -0.480 e. The van der Waals surface area contributed by atoms with E-state index in [0.29, 0.717) is 12.1 Å². The first-order valence-corrected chi connectivity index (χ1v) is 4.21. The SMILES string of the molecule is C=C(C)C(NCCN(C)C)C(=O)O. The number of aliphatic carboxylic acids is 1. The van der Waals surface area contributed by atoms with Gasteiger partial charge in [-0.1, -0.05) is 12.2 Å². The third-order valence-corrected chi connectivity index (χ3v) is 1.65. The summed E-state index contributed by atoms with van der Waals surface area (Å²) in [6, 6.07) is -0.625. The number of nitrogens with zero attached hydrogens (tertiary/aromatic N) is 1. The summed E-state index contributed by atoms with van der Waals surface area (Å²) in [5.41, 5.74) is 0.631. The van der Waals surface area contributed by atoms with E-state index in [2.05, 4.69) is 11.9 Å². The van der Waals surface area contributed by atoms with Crippen molar-refractivity contribution in [2.45, 2.75) is 13.0 Å². The van der Waals surface area contributed by atoms with E-state index in [0.717, 1.165) is 6.54 Å². The largest absolute Gasteiger partial charge is 0.480 e. The number of rotatable bonds is 6. The van der Waals surface area contributed by atoms with Crippen molar-refractivity contribution < 1.29 is 9.90 Å². The van der Waals surface area contributed by atoms with Crippen molar-refractivity contribution in [3.63, 3.8) is 0 Å². The molecular weight excluding hydrogens is 168 g/mol. The van der Waals surface area contributed by atoms with Crippen molar-refractivity contribution in [3.8, 4) is 0 Å². The third-order valence-electron chi connectivity index (χ3n) is 1.65. The number of hydrogen-bond acceptors (Lipinski definition) is 3. The van der Waals surface area contributed by atoms with Crippen LogP contribution in [0.5, 0.6) is 0 Å². The van der Waals surface area contributed by atoms with Crippen LogP contribution in [-0.2, 0) is 4.79 Å². The monoisotopic (exact) mass is 186 g/mol. The second kappa shape index (κ2) is 5.72. The molecule has 1 unspecified atom stereocenters. The number of hydrogen-bond donors (Lipinski definition) is 2. The van der Waals surface area contributed by atoms with Gasteiger partial charge in [-0.15, -0.1) is 0 Å². The summed E-state index contributed by atoms with van der Waals surface area (Å²) >= 11 is 0. The Bertz CT molecular complexity index is 176. The molecule has 1 atom stereocenters. The molecule has 0 aromatic heterocycles. The molecule has 0 aromatic rings. The van der Waals surface area contributed by atoms with Crippen LogP contribution in [0.2, 0.25) is 0 Å². The first-order valence-electron chi connectivity index (χ1n) is 4.21. The molecule has 0 rings (SSSR count). The lowest BCUT2D eigenvalue weighted by molar-refractivity contribution is -0.138. The van der Waals surface area contributed by atoms with Crippen LogP contribution in [0.3, 0.4) is 0 Å². The van der Waals surface area contributed by atoms with Gasteiger partial charge in [0, 0.05) is 13.1 Å². The molecule has 4 heteroatoms. The molecule has 0 amide bonds. The number of carboxylic acid groups (broad SMARTS) is 1. The molecule has 0 aliphatic carbocycles. The highest BCUT2D eigenvalue weighted by Gasteiger charge is 2.16. The topological polar surface area (TPSA) is 52.6 Å². The number of nitrogens with one attached hydrogen (secondary N) is 1. The van der Waals surface area contributed by atoms with E-state index in [1.54, 1.807) is 6.92 Å². The molecule has 0 heterocycles. The van der Waals surface area contributed by atoms with Crippen LogP contribution in [0, 0.1) is 0 Å². The number of likely N-dealkylation sites (N-methyl/N-ethyl adjacent to an activating group) is 1. The lowest BCUT2D eigenvalue weighted by Gasteiger charge is -2.16. The highest BCUT2D eigenvalue weighted by atomic mass is 16.4. The van der Waals surface area contributed by atoms with E-state index in [1.165, 1.54) is 0 Å². The molecule has 0 bridgehead atoms. The lowest BCUT2D eigenvalue weighted by atomic mass is 10.1. The fraction of sp³-hybridized carbons (Fsp3) is 0.667. The lowest BCUT2D eigenvalue weighted by Crippen LogP contribution is -2.40. The van der Waals surface area contributed by atoms with Gasteiger partial charge in [0.15, 0.2) is 0 Å². The Balaban J connectivity index is 3.84. The summed E-state index contributed by atoms with van der Waals surface area (Å²) in [5.74, 6) is -0.869. The second-order valence-electron chi connectivity index (χ2n) is 3.38. The summed E-state index contributed by atoms with van der Waals surface area (Å²) < 4.78 is 0. The van der Waals surface area contributed by atoms with Crippen LogP contribution in [-0.4, -0.2) is 49.2 Å². The Hall–Kier alpha value is -0.870. The zero-order valence-electron chi connectivity index (χ0n) is 8.50. The van der Waals surface area contributed by atoms with E-state index in [-0.39, 0.29) is 0 Å². The highest BCUT2D eigenvalue weighted by Crippen LogP contribution is 1.97. The molecule has 0 spiro atoms. The molecule has 0 aliphatic heterocycles. The van der Waals surface area contributed by atoms with Crippen LogP contribution < -0.4 is 5.32 Å². The van der Waals surface area contributed by atoms with Crippen molar-refractivity contribution in [2.24, 2.45) is 0 Å². The number of carbonyl (C=O) groups is 1. The first-order chi connectivity index (χ1) is 5.95. The van der Waals surface area contributed by atoms with Gasteiger partial charge in [0.1, 0.15) is 6.04 Å². The maximum atomic E-state index is 10.7. The molecule has 0 saturated heterocycles. The van der Waals surface area contributed by atoms with Gasteiger partial charge in [-0.25, -0.2) is 0 Å². The van der Waals surface area contributed by atoms with Crippen LogP contribution in [0.1, 0.15) is 6.92 Å². The summed E-state index contributed by atoms with van der Waals surface area (Å²) in [5, 5.41) is 11.7. The third kappa shape index (κ3) is 5.38. The smallest absolute Gasteiger partial charge is 0.324 e. The minimum atomic E-state index is -0.869. The fourth-order valence-corrected chi connectivity index (χ4v) is 0.905. The molecule has 0 radical (unpaired) electrons. The quantitative estimate of drug-likeness (QED) is 0.580. The van der Waals surface area contributed by atoms with Gasteiger partial charge in [-0.3, -0.25) is 10.1 Å².